The van der Waals surface area contributed by atoms with E-state index in [4.69, 9.17) is 4.74 Å². The molecule has 0 atom stereocenters. The van der Waals surface area contributed by atoms with Crippen LogP contribution in [0.15, 0.2) is 68.8 Å². The number of halogens is 3. The predicted octanol–water partition coefficient (Wildman–Crippen LogP) is 6.14. The molecular weight excluding hydrogens is 619 g/mol. The number of hydrazone groups is 1. The molecule has 29 heavy (non-hydrogen) atoms. The minimum Gasteiger partial charge on any atom is -0.487 e. The molecule has 0 aliphatic heterocycles. The molecule has 0 bridgehead atoms. The normalized spacial score (nSPS) is 10.9. The maximum Gasteiger partial charge on any atom is 0.287 e. The summed E-state index contributed by atoms with van der Waals surface area (Å²) < 4.78 is 8.73. The molecule has 0 fully saturated rings. The Balaban J connectivity index is 1.64. The molecular formula is C19H13Br2IN4O3. The standard InChI is InChI=1S/C19H13Br2IN4O3/c20-14-3-1-12(2-4-14)11-29-19-16(21)7-13(8-17(19)22)9-24-25-18-6-5-15(10-23-18)26(27)28/h1-10H,11H2,(H,23,25)/b24-9+. The van der Waals surface area contributed by atoms with Gasteiger partial charge in [-0.25, -0.2) is 4.98 Å². The van der Waals surface area contributed by atoms with Crippen LogP contribution in [0.1, 0.15) is 11.1 Å². The lowest BCUT2D eigenvalue weighted by Gasteiger charge is -2.11. The number of aromatic nitrogens is 1. The van der Waals surface area contributed by atoms with Gasteiger partial charge < -0.3 is 4.74 Å². The number of benzene rings is 2. The van der Waals surface area contributed by atoms with Crippen molar-refractivity contribution in [3.8, 4) is 5.75 Å². The molecule has 0 spiro atoms. The van der Waals surface area contributed by atoms with Gasteiger partial charge in [0.2, 0.25) is 0 Å². The molecule has 1 heterocycles. The fourth-order valence-electron chi connectivity index (χ4n) is 2.26. The number of rotatable bonds is 7. The molecule has 7 nitrogen and oxygen atoms in total. The summed E-state index contributed by atoms with van der Waals surface area (Å²) in [5.74, 6) is 1.17. The van der Waals surface area contributed by atoms with E-state index in [1.165, 1.54) is 18.3 Å². The predicted molar refractivity (Wildman–Crippen MR) is 127 cm³/mol. The van der Waals surface area contributed by atoms with E-state index in [0.717, 1.165) is 29.4 Å². The Morgan fingerprint density at radius 3 is 2.59 bits per heavy atom. The third-order valence-corrected chi connectivity index (χ3v) is 5.59. The van der Waals surface area contributed by atoms with E-state index < -0.39 is 4.92 Å². The van der Waals surface area contributed by atoms with Crippen LogP contribution in [0.4, 0.5) is 11.5 Å². The monoisotopic (exact) mass is 630 g/mol. The average molecular weight is 632 g/mol. The first-order chi connectivity index (χ1) is 13.9. The number of nitrogens with one attached hydrogen (secondary N) is 1. The van der Waals surface area contributed by atoms with E-state index in [9.17, 15) is 10.1 Å². The zero-order valence-electron chi connectivity index (χ0n) is 14.7. The number of anilines is 1. The van der Waals surface area contributed by atoms with Gasteiger partial charge in [-0.15, -0.1) is 0 Å². The Labute approximate surface area is 197 Å². The van der Waals surface area contributed by atoms with Gasteiger partial charge in [0, 0.05) is 10.5 Å². The lowest BCUT2D eigenvalue weighted by molar-refractivity contribution is -0.385. The van der Waals surface area contributed by atoms with Gasteiger partial charge in [-0.1, -0.05) is 28.1 Å². The molecule has 1 N–H and O–H groups in total. The number of ether oxygens (including phenoxy) is 1. The molecule has 0 saturated heterocycles. The Hall–Kier alpha value is -2.05. The van der Waals surface area contributed by atoms with Gasteiger partial charge in [0.05, 0.1) is 19.2 Å². The summed E-state index contributed by atoms with van der Waals surface area (Å²) in [7, 11) is 0. The molecule has 10 heteroatoms. The van der Waals surface area contributed by atoms with Crippen molar-refractivity contribution in [2.45, 2.75) is 6.61 Å². The fraction of sp³-hybridized carbons (Fsp3) is 0.0526. The van der Waals surface area contributed by atoms with Crippen LogP contribution in [0.3, 0.4) is 0 Å². The van der Waals surface area contributed by atoms with Gasteiger partial charge in [0.1, 0.15) is 24.4 Å². The minimum absolute atomic E-state index is 0.0725. The lowest BCUT2D eigenvalue weighted by Crippen LogP contribution is -1.99. The van der Waals surface area contributed by atoms with Crippen molar-refractivity contribution in [3.63, 3.8) is 0 Å². The van der Waals surface area contributed by atoms with E-state index in [1.54, 1.807) is 6.21 Å². The van der Waals surface area contributed by atoms with Crippen LogP contribution in [0.25, 0.3) is 0 Å². The second-order valence-electron chi connectivity index (χ2n) is 5.76. The lowest BCUT2D eigenvalue weighted by atomic mass is 10.2. The minimum atomic E-state index is -0.500. The van der Waals surface area contributed by atoms with E-state index in [0.29, 0.717) is 12.4 Å². The van der Waals surface area contributed by atoms with Crippen molar-refractivity contribution in [2.24, 2.45) is 5.10 Å². The summed E-state index contributed by atoms with van der Waals surface area (Å²) >= 11 is 9.18. The molecule has 0 saturated carbocycles. The second-order valence-corrected chi connectivity index (χ2v) is 8.69. The van der Waals surface area contributed by atoms with Gasteiger partial charge in [-0.2, -0.15) is 5.10 Å². The van der Waals surface area contributed by atoms with Crippen molar-refractivity contribution in [1.29, 1.82) is 0 Å². The summed E-state index contributed by atoms with van der Waals surface area (Å²) in [5.41, 5.74) is 4.60. The van der Waals surface area contributed by atoms with Crippen LogP contribution in [0.2, 0.25) is 0 Å². The average Bonchev–Trinajstić information content (AvgIpc) is 2.69. The summed E-state index contributed by atoms with van der Waals surface area (Å²) in [6.07, 6.45) is 2.81. The van der Waals surface area contributed by atoms with Crippen molar-refractivity contribution >= 4 is 72.2 Å². The number of nitrogens with zero attached hydrogens (tertiary/aromatic N) is 3. The molecule has 0 aliphatic rings. The van der Waals surface area contributed by atoms with Crippen LogP contribution in [-0.4, -0.2) is 16.1 Å². The Morgan fingerprint density at radius 2 is 1.97 bits per heavy atom. The van der Waals surface area contributed by atoms with Crippen LogP contribution in [-0.2, 0) is 6.61 Å². The van der Waals surface area contributed by atoms with Gasteiger partial charge >= 0.3 is 0 Å². The molecule has 148 valence electrons. The first kappa shape index (κ1) is 21.7. The van der Waals surface area contributed by atoms with Crippen LogP contribution in [0, 0.1) is 13.7 Å². The largest absolute Gasteiger partial charge is 0.487 e. The topological polar surface area (TPSA) is 89.7 Å². The Bertz CT molecular complexity index is 1020. The third-order valence-electron chi connectivity index (χ3n) is 3.67. The van der Waals surface area contributed by atoms with E-state index in [1.807, 2.05) is 36.4 Å². The number of nitro groups is 1. The SMILES string of the molecule is O=[N+]([O-])c1ccc(N/N=C/c2cc(Br)c(OCc3ccc(Br)cc3)c(I)c2)nc1. The number of pyridine rings is 1. The van der Waals surface area contributed by atoms with E-state index >= 15 is 0 Å². The van der Waals surface area contributed by atoms with Gasteiger partial charge in [0.25, 0.3) is 5.69 Å². The highest BCUT2D eigenvalue weighted by molar-refractivity contribution is 14.1. The van der Waals surface area contributed by atoms with E-state index in [-0.39, 0.29) is 5.69 Å². The van der Waals surface area contributed by atoms with Gasteiger partial charge in [0.15, 0.2) is 0 Å². The molecule has 0 radical (unpaired) electrons. The van der Waals surface area contributed by atoms with Crippen molar-refractivity contribution in [1.82, 2.24) is 4.98 Å². The van der Waals surface area contributed by atoms with Gasteiger partial charge in [-0.3, -0.25) is 15.5 Å². The highest BCUT2D eigenvalue weighted by atomic mass is 127. The first-order valence-corrected chi connectivity index (χ1v) is 10.8. The Morgan fingerprint density at radius 1 is 1.21 bits per heavy atom. The maximum atomic E-state index is 10.6. The highest BCUT2D eigenvalue weighted by Gasteiger charge is 2.09. The van der Waals surface area contributed by atoms with Crippen LogP contribution in [0.5, 0.6) is 5.75 Å². The Kier molecular flexibility index (Phi) is 7.56. The molecule has 0 aliphatic carbocycles. The zero-order chi connectivity index (χ0) is 20.8. The summed E-state index contributed by atoms with van der Waals surface area (Å²) in [6.45, 7) is 0.461. The molecule has 3 aromatic rings. The number of hydrogen-bond donors (Lipinski definition) is 1. The zero-order valence-corrected chi connectivity index (χ0v) is 20.0. The first-order valence-electron chi connectivity index (χ1n) is 8.18. The highest BCUT2D eigenvalue weighted by Crippen LogP contribution is 2.32. The van der Waals surface area contributed by atoms with Crippen LogP contribution < -0.4 is 10.2 Å². The molecule has 3 rings (SSSR count). The smallest absolute Gasteiger partial charge is 0.287 e. The quantitative estimate of drug-likeness (QED) is 0.146. The van der Waals surface area contributed by atoms with E-state index in [2.05, 4.69) is 70.0 Å². The van der Waals surface area contributed by atoms with Crippen molar-refractivity contribution in [2.75, 3.05) is 5.43 Å². The number of hydrogen-bond acceptors (Lipinski definition) is 6. The third kappa shape index (κ3) is 6.21. The van der Waals surface area contributed by atoms with Crippen molar-refractivity contribution in [3.05, 3.63) is 88.5 Å². The summed E-state index contributed by atoms with van der Waals surface area (Å²) in [4.78, 5) is 14.1. The van der Waals surface area contributed by atoms with Gasteiger partial charge in [-0.05, 0) is 80.0 Å². The summed E-state index contributed by atoms with van der Waals surface area (Å²) in [5, 5.41) is 14.8. The maximum absolute atomic E-state index is 10.6. The fourth-order valence-corrected chi connectivity index (χ4v) is 4.29. The molecule has 2 aromatic carbocycles. The molecule has 1 aromatic heterocycles. The molecule has 0 unspecified atom stereocenters. The van der Waals surface area contributed by atoms with Crippen molar-refractivity contribution < 1.29 is 9.66 Å². The second kappa shape index (κ2) is 10.1. The van der Waals surface area contributed by atoms with Crippen LogP contribution >= 0.6 is 54.5 Å². The summed E-state index contributed by atoms with van der Waals surface area (Å²) in [6, 6.07) is 14.7. The molecule has 0 amide bonds.